The van der Waals surface area contributed by atoms with E-state index >= 15 is 0 Å². The third-order valence-corrected chi connectivity index (χ3v) is 4.10. The van der Waals surface area contributed by atoms with Crippen molar-refractivity contribution in [3.05, 3.63) is 71.0 Å². The molecule has 0 bridgehead atoms. The van der Waals surface area contributed by atoms with Crippen molar-refractivity contribution in [2.24, 2.45) is 0 Å². The number of halogens is 1. The van der Waals surface area contributed by atoms with Gasteiger partial charge in [-0.3, -0.25) is 0 Å². The van der Waals surface area contributed by atoms with Crippen molar-refractivity contribution in [2.75, 3.05) is 0 Å². The summed E-state index contributed by atoms with van der Waals surface area (Å²) >= 11 is 0. The number of rotatable bonds is 4. The molecule has 20 heavy (non-hydrogen) atoms. The van der Waals surface area contributed by atoms with E-state index in [1.54, 1.807) is 6.07 Å². The molecule has 2 unspecified atom stereocenters. The zero-order valence-electron chi connectivity index (χ0n) is 11.8. The van der Waals surface area contributed by atoms with E-state index in [1.165, 1.54) is 17.2 Å². The first-order valence-corrected chi connectivity index (χ1v) is 7.31. The van der Waals surface area contributed by atoms with Crippen LogP contribution in [0.25, 0.3) is 0 Å². The fourth-order valence-electron chi connectivity index (χ4n) is 3.13. The largest absolute Gasteiger partial charge is 0.307 e. The first kappa shape index (κ1) is 13.3. The number of fused-ring (bicyclic) bond motifs is 1. The molecule has 0 radical (unpaired) electrons. The van der Waals surface area contributed by atoms with Crippen LogP contribution in [0.3, 0.4) is 0 Å². The molecule has 0 saturated heterocycles. The van der Waals surface area contributed by atoms with Crippen molar-refractivity contribution < 1.29 is 4.39 Å². The SMILES string of the molecule is CC(Cc1ccccc1F)NC1CCc2ccccc21. The topological polar surface area (TPSA) is 12.0 Å². The molecule has 2 aromatic rings. The average Bonchev–Trinajstić information content (AvgIpc) is 2.85. The molecule has 2 atom stereocenters. The van der Waals surface area contributed by atoms with E-state index in [0.29, 0.717) is 6.04 Å². The molecule has 1 N–H and O–H groups in total. The minimum atomic E-state index is -0.104. The lowest BCUT2D eigenvalue weighted by Crippen LogP contribution is -2.31. The number of benzene rings is 2. The average molecular weight is 269 g/mol. The van der Waals surface area contributed by atoms with Gasteiger partial charge in [0.25, 0.3) is 0 Å². The Morgan fingerprint density at radius 1 is 1.15 bits per heavy atom. The van der Waals surface area contributed by atoms with Crippen LogP contribution in [0.15, 0.2) is 48.5 Å². The Morgan fingerprint density at radius 2 is 1.90 bits per heavy atom. The zero-order valence-corrected chi connectivity index (χ0v) is 11.8. The number of nitrogens with one attached hydrogen (secondary N) is 1. The number of hydrogen-bond donors (Lipinski definition) is 1. The van der Waals surface area contributed by atoms with Crippen LogP contribution >= 0.6 is 0 Å². The van der Waals surface area contributed by atoms with Crippen molar-refractivity contribution >= 4 is 0 Å². The highest BCUT2D eigenvalue weighted by atomic mass is 19.1. The Balaban J connectivity index is 1.66. The molecular weight excluding hydrogens is 249 g/mol. The quantitative estimate of drug-likeness (QED) is 0.883. The molecule has 0 spiro atoms. The van der Waals surface area contributed by atoms with Crippen LogP contribution in [0, 0.1) is 5.82 Å². The van der Waals surface area contributed by atoms with Gasteiger partial charge in [-0.2, -0.15) is 0 Å². The lowest BCUT2D eigenvalue weighted by atomic mass is 10.0. The van der Waals surface area contributed by atoms with Gasteiger partial charge in [0.15, 0.2) is 0 Å². The van der Waals surface area contributed by atoms with Crippen molar-refractivity contribution in [3.8, 4) is 0 Å². The number of aryl methyl sites for hydroxylation is 1. The summed E-state index contributed by atoms with van der Waals surface area (Å²) in [5.74, 6) is -0.104. The molecule has 1 nitrogen and oxygen atoms in total. The smallest absolute Gasteiger partial charge is 0.126 e. The molecular formula is C18H20FN. The lowest BCUT2D eigenvalue weighted by molar-refractivity contribution is 0.445. The summed E-state index contributed by atoms with van der Waals surface area (Å²) in [4.78, 5) is 0. The van der Waals surface area contributed by atoms with E-state index in [-0.39, 0.29) is 11.9 Å². The van der Waals surface area contributed by atoms with Crippen LogP contribution in [0.4, 0.5) is 4.39 Å². The minimum Gasteiger partial charge on any atom is -0.307 e. The summed E-state index contributed by atoms with van der Waals surface area (Å²) in [5.41, 5.74) is 3.65. The van der Waals surface area contributed by atoms with E-state index < -0.39 is 0 Å². The van der Waals surface area contributed by atoms with E-state index in [4.69, 9.17) is 0 Å². The highest BCUT2D eigenvalue weighted by Crippen LogP contribution is 2.31. The van der Waals surface area contributed by atoms with E-state index in [0.717, 1.165) is 24.8 Å². The molecule has 2 heteroatoms. The minimum absolute atomic E-state index is 0.104. The summed E-state index contributed by atoms with van der Waals surface area (Å²) in [6.07, 6.45) is 3.01. The Kier molecular flexibility index (Phi) is 3.83. The molecule has 2 aromatic carbocycles. The van der Waals surface area contributed by atoms with Gasteiger partial charge in [0.05, 0.1) is 0 Å². The van der Waals surface area contributed by atoms with Crippen LogP contribution in [0.1, 0.15) is 36.1 Å². The first-order valence-electron chi connectivity index (χ1n) is 7.31. The fraction of sp³-hybridized carbons (Fsp3) is 0.333. The molecule has 104 valence electrons. The van der Waals surface area contributed by atoms with Gasteiger partial charge in [0, 0.05) is 12.1 Å². The van der Waals surface area contributed by atoms with E-state index in [9.17, 15) is 4.39 Å². The molecule has 0 amide bonds. The van der Waals surface area contributed by atoms with Crippen LogP contribution in [0.5, 0.6) is 0 Å². The molecule has 0 fully saturated rings. The summed E-state index contributed by atoms with van der Waals surface area (Å²) < 4.78 is 13.7. The summed E-state index contributed by atoms with van der Waals surface area (Å²) in [7, 11) is 0. The molecule has 0 saturated carbocycles. The molecule has 0 aliphatic heterocycles. The normalized spacial score (nSPS) is 18.8. The summed E-state index contributed by atoms with van der Waals surface area (Å²) in [5, 5.41) is 3.64. The van der Waals surface area contributed by atoms with Gasteiger partial charge in [0.1, 0.15) is 5.82 Å². The highest BCUT2D eigenvalue weighted by Gasteiger charge is 2.23. The summed E-state index contributed by atoms with van der Waals surface area (Å²) in [6, 6.07) is 16.3. The maximum atomic E-state index is 13.7. The highest BCUT2D eigenvalue weighted by molar-refractivity contribution is 5.34. The van der Waals surface area contributed by atoms with Crippen LogP contribution < -0.4 is 5.32 Å². The fourth-order valence-corrected chi connectivity index (χ4v) is 3.13. The van der Waals surface area contributed by atoms with Gasteiger partial charge in [-0.05, 0) is 48.9 Å². The third kappa shape index (κ3) is 2.75. The zero-order chi connectivity index (χ0) is 13.9. The Hall–Kier alpha value is -1.67. The number of hydrogen-bond acceptors (Lipinski definition) is 1. The second-order valence-electron chi connectivity index (χ2n) is 5.65. The van der Waals surface area contributed by atoms with Crippen LogP contribution in [-0.4, -0.2) is 6.04 Å². The molecule has 0 aromatic heterocycles. The second-order valence-corrected chi connectivity index (χ2v) is 5.65. The first-order chi connectivity index (χ1) is 9.74. The van der Waals surface area contributed by atoms with Gasteiger partial charge in [-0.25, -0.2) is 4.39 Å². The molecule has 3 rings (SSSR count). The molecule has 1 aliphatic carbocycles. The maximum absolute atomic E-state index is 13.7. The van der Waals surface area contributed by atoms with Crippen LogP contribution in [0.2, 0.25) is 0 Å². The standard InChI is InChI=1S/C18H20FN/c1-13(12-15-7-3-5-9-17(15)19)20-18-11-10-14-6-2-4-8-16(14)18/h2-9,13,18,20H,10-12H2,1H3. The summed E-state index contributed by atoms with van der Waals surface area (Å²) in [6.45, 7) is 2.13. The van der Waals surface area contributed by atoms with Gasteiger partial charge in [-0.15, -0.1) is 0 Å². The van der Waals surface area contributed by atoms with Gasteiger partial charge < -0.3 is 5.32 Å². The Bertz CT molecular complexity index is 593. The molecule has 1 aliphatic rings. The lowest BCUT2D eigenvalue weighted by Gasteiger charge is -2.20. The molecule has 0 heterocycles. The van der Waals surface area contributed by atoms with E-state index in [1.807, 2.05) is 12.1 Å². The van der Waals surface area contributed by atoms with Crippen molar-refractivity contribution in [1.29, 1.82) is 0 Å². The maximum Gasteiger partial charge on any atom is 0.126 e. The van der Waals surface area contributed by atoms with Crippen molar-refractivity contribution in [1.82, 2.24) is 5.32 Å². The van der Waals surface area contributed by atoms with Crippen molar-refractivity contribution in [3.63, 3.8) is 0 Å². The van der Waals surface area contributed by atoms with Gasteiger partial charge >= 0.3 is 0 Å². The van der Waals surface area contributed by atoms with Crippen molar-refractivity contribution in [2.45, 2.75) is 38.3 Å². The van der Waals surface area contributed by atoms with E-state index in [2.05, 4.69) is 36.5 Å². The predicted octanol–water partition coefficient (Wildman–Crippen LogP) is 4.03. The third-order valence-electron chi connectivity index (χ3n) is 4.10. The van der Waals surface area contributed by atoms with Gasteiger partial charge in [0.2, 0.25) is 0 Å². The van der Waals surface area contributed by atoms with Gasteiger partial charge in [-0.1, -0.05) is 42.5 Å². The Morgan fingerprint density at radius 3 is 2.75 bits per heavy atom. The predicted molar refractivity (Wildman–Crippen MR) is 80.2 cm³/mol. The van der Waals surface area contributed by atoms with Crippen LogP contribution in [-0.2, 0) is 12.8 Å². The second kappa shape index (κ2) is 5.76. The Labute approximate surface area is 119 Å². The monoisotopic (exact) mass is 269 g/mol.